The van der Waals surface area contributed by atoms with E-state index in [1.165, 1.54) is 0 Å². The Balaban J connectivity index is 0. The van der Waals surface area contributed by atoms with Crippen LogP contribution in [0.3, 0.4) is 0 Å². The summed E-state index contributed by atoms with van der Waals surface area (Å²) < 4.78 is 0. The molecule has 68 valence electrons. The Morgan fingerprint density at radius 3 is 1.45 bits per heavy atom. The van der Waals surface area contributed by atoms with Crippen LogP contribution in [-0.4, -0.2) is 23.0 Å². The molecule has 0 aliphatic carbocycles. The van der Waals surface area contributed by atoms with Crippen LogP contribution in [0.15, 0.2) is 0 Å². The Labute approximate surface area is 85.3 Å². The highest BCUT2D eigenvalue weighted by molar-refractivity contribution is 14.0. The summed E-state index contributed by atoms with van der Waals surface area (Å²) in [4.78, 5) is 12.4. The lowest BCUT2D eigenvalue weighted by Crippen LogP contribution is -2.45. The van der Waals surface area contributed by atoms with Crippen molar-refractivity contribution >= 4 is 30.0 Å². The quantitative estimate of drug-likeness (QED) is 0.765. The average molecular weight is 272 g/mol. The molecule has 0 radical (unpaired) electrons. The Bertz CT molecular complexity index is 118. The van der Waals surface area contributed by atoms with Gasteiger partial charge in [0.25, 0.3) is 0 Å². The van der Waals surface area contributed by atoms with Crippen molar-refractivity contribution in [2.24, 2.45) is 5.73 Å². The molecule has 4 heteroatoms. The van der Waals surface area contributed by atoms with Gasteiger partial charge in [0.05, 0.1) is 0 Å². The van der Waals surface area contributed by atoms with Gasteiger partial charge in [0.2, 0.25) is 0 Å². The van der Waals surface area contributed by atoms with Gasteiger partial charge in [-0.05, 0) is 27.7 Å². The summed E-state index contributed by atoms with van der Waals surface area (Å²) in [6, 6.07) is 0.0417. The number of urea groups is 1. The molecule has 0 heterocycles. The van der Waals surface area contributed by atoms with Gasteiger partial charge in [-0.2, -0.15) is 0 Å². The Hall–Kier alpha value is 0. The molecule has 2 N–H and O–H groups in total. The fourth-order valence-electron chi connectivity index (χ4n) is 1.11. The van der Waals surface area contributed by atoms with Crippen molar-refractivity contribution in [2.45, 2.75) is 39.8 Å². The topological polar surface area (TPSA) is 46.3 Å². The third-order valence-electron chi connectivity index (χ3n) is 1.37. The molecule has 11 heavy (non-hydrogen) atoms. The summed E-state index contributed by atoms with van der Waals surface area (Å²) in [5.74, 6) is 0. The van der Waals surface area contributed by atoms with Crippen LogP contribution in [0.5, 0.6) is 0 Å². The molecule has 0 fully saturated rings. The van der Waals surface area contributed by atoms with E-state index < -0.39 is 0 Å². The van der Waals surface area contributed by atoms with Crippen LogP contribution in [-0.2, 0) is 0 Å². The van der Waals surface area contributed by atoms with Crippen LogP contribution in [0.4, 0.5) is 4.79 Å². The van der Waals surface area contributed by atoms with Crippen molar-refractivity contribution in [2.75, 3.05) is 0 Å². The maximum absolute atomic E-state index is 10.7. The fraction of sp³-hybridized carbons (Fsp3) is 0.857. The number of amides is 2. The highest BCUT2D eigenvalue weighted by Gasteiger charge is 2.15. The first kappa shape index (κ1) is 13.6. The monoisotopic (exact) mass is 272 g/mol. The van der Waals surface area contributed by atoms with Crippen LogP contribution >= 0.6 is 24.0 Å². The van der Waals surface area contributed by atoms with Gasteiger partial charge in [0.15, 0.2) is 0 Å². The van der Waals surface area contributed by atoms with Crippen molar-refractivity contribution in [3.8, 4) is 0 Å². The molecule has 0 spiro atoms. The average Bonchev–Trinajstić information content (AvgIpc) is 1.59. The van der Waals surface area contributed by atoms with Crippen LogP contribution in [0.1, 0.15) is 27.7 Å². The second-order valence-corrected chi connectivity index (χ2v) is 2.93. The lowest BCUT2D eigenvalue weighted by Gasteiger charge is -2.28. The van der Waals surface area contributed by atoms with Gasteiger partial charge in [0, 0.05) is 12.1 Å². The minimum absolute atomic E-state index is 0. The molecule has 0 aromatic rings. The van der Waals surface area contributed by atoms with E-state index in [0.717, 1.165) is 0 Å². The predicted molar refractivity (Wildman–Crippen MR) is 57.1 cm³/mol. The van der Waals surface area contributed by atoms with Crippen molar-refractivity contribution in [3.05, 3.63) is 0 Å². The number of carbonyl (C=O) groups excluding carboxylic acids is 1. The van der Waals surface area contributed by atoms with Crippen molar-refractivity contribution in [3.63, 3.8) is 0 Å². The van der Waals surface area contributed by atoms with Crippen LogP contribution in [0, 0.1) is 0 Å². The van der Waals surface area contributed by atoms with Crippen LogP contribution in [0.25, 0.3) is 0 Å². The summed E-state index contributed by atoms with van der Waals surface area (Å²) in [7, 11) is 0. The molecule has 0 aliphatic rings. The second kappa shape index (κ2) is 5.62. The number of primary amides is 1. The van der Waals surface area contributed by atoms with Gasteiger partial charge < -0.3 is 10.6 Å². The first-order valence-corrected chi connectivity index (χ1v) is 3.54. The molecular weight excluding hydrogens is 255 g/mol. The summed E-state index contributed by atoms with van der Waals surface area (Å²) >= 11 is 0. The van der Waals surface area contributed by atoms with Gasteiger partial charge in [-0.25, -0.2) is 4.79 Å². The molecule has 0 aromatic carbocycles. The van der Waals surface area contributed by atoms with Gasteiger partial charge in [0.1, 0.15) is 0 Å². The van der Waals surface area contributed by atoms with E-state index in [0.29, 0.717) is 0 Å². The normalized spacial score (nSPS) is 9.64. The van der Waals surface area contributed by atoms with Crippen molar-refractivity contribution < 1.29 is 4.79 Å². The molecular formula is C7H17IN2O. The standard InChI is InChI=1S/C7H16N2O.HI/c1-5(2)9(6(3)4)7(8)10;/h5-6H,1-4H3,(H2,8,10);1H. The van der Waals surface area contributed by atoms with E-state index in [2.05, 4.69) is 0 Å². The van der Waals surface area contributed by atoms with E-state index in [-0.39, 0.29) is 42.1 Å². The van der Waals surface area contributed by atoms with E-state index in [9.17, 15) is 4.79 Å². The van der Waals surface area contributed by atoms with Gasteiger partial charge in [-0.1, -0.05) is 0 Å². The molecule has 0 aromatic heterocycles. The zero-order valence-corrected chi connectivity index (χ0v) is 9.83. The first-order valence-electron chi connectivity index (χ1n) is 3.54. The first-order chi connectivity index (χ1) is 4.46. The van der Waals surface area contributed by atoms with Gasteiger partial charge in [-0.15, -0.1) is 24.0 Å². The Morgan fingerprint density at radius 2 is 1.45 bits per heavy atom. The summed E-state index contributed by atoms with van der Waals surface area (Å²) in [6.07, 6.45) is 0. The minimum atomic E-state index is -0.343. The number of halogens is 1. The Morgan fingerprint density at radius 1 is 1.18 bits per heavy atom. The summed E-state index contributed by atoms with van der Waals surface area (Å²) in [5, 5.41) is 0. The number of rotatable bonds is 2. The predicted octanol–water partition coefficient (Wildman–Crippen LogP) is 1.80. The number of nitrogens with zero attached hydrogens (tertiary/aromatic N) is 1. The molecule has 0 aliphatic heterocycles. The molecule has 0 saturated heterocycles. The van der Waals surface area contributed by atoms with Crippen molar-refractivity contribution in [1.29, 1.82) is 0 Å². The molecule has 0 unspecified atom stereocenters. The van der Waals surface area contributed by atoms with Crippen molar-refractivity contribution in [1.82, 2.24) is 4.90 Å². The third kappa shape index (κ3) is 4.44. The highest BCUT2D eigenvalue weighted by Crippen LogP contribution is 2.02. The molecule has 0 atom stereocenters. The lowest BCUT2D eigenvalue weighted by molar-refractivity contribution is 0.174. The summed E-state index contributed by atoms with van der Waals surface area (Å²) in [6.45, 7) is 7.80. The summed E-state index contributed by atoms with van der Waals surface area (Å²) in [5.41, 5.74) is 5.13. The number of carbonyl (C=O) groups is 1. The molecule has 0 saturated carbocycles. The lowest BCUT2D eigenvalue weighted by atomic mass is 10.2. The smallest absolute Gasteiger partial charge is 0.315 e. The van der Waals surface area contributed by atoms with Crippen LogP contribution in [0.2, 0.25) is 0 Å². The SMILES string of the molecule is CC(C)N(C(N)=O)C(C)C.I. The fourth-order valence-corrected chi connectivity index (χ4v) is 1.11. The van der Waals surface area contributed by atoms with E-state index >= 15 is 0 Å². The molecule has 2 amide bonds. The third-order valence-corrected chi connectivity index (χ3v) is 1.37. The molecule has 0 bridgehead atoms. The second-order valence-electron chi connectivity index (χ2n) is 2.93. The van der Waals surface area contributed by atoms with Crippen LogP contribution < -0.4 is 5.73 Å². The molecule has 3 nitrogen and oxygen atoms in total. The maximum atomic E-state index is 10.7. The Kier molecular flexibility index (Phi) is 6.94. The number of nitrogens with two attached hydrogens (primary N) is 1. The maximum Gasteiger partial charge on any atom is 0.315 e. The molecule has 0 rings (SSSR count). The highest BCUT2D eigenvalue weighted by atomic mass is 127. The zero-order chi connectivity index (χ0) is 8.31. The largest absolute Gasteiger partial charge is 0.351 e. The van der Waals surface area contributed by atoms with Gasteiger partial charge in [-0.3, -0.25) is 0 Å². The van der Waals surface area contributed by atoms with Gasteiger partial charge >= 0.3 is 6.03 Å². The number of hydrogen-bond acceptors (Lipinski definition) is 1. The van der Waals surface area contributed by atoms with E-state index in [1.54, 1.807) is 4.90 Å². The van der Waals surface area contributed by atoms with E-state index in [4.69, 9.17) is 5.73 Å². The van der Waals surface area contributed by atoms with E-state index in [1.807, 2.05) is 27.7 Å². The minimum Gasteiger partial charge on any atom is -0.351 e. The zero-order valence-electron chi connectivity index (χ0n) is 7.50. The number of hydrogen-bond donors (Lipinski definition) is 1.